The molecule has 0 aliphatic carbocycles. The Bertz CT molecular complexity index is 684. The third-order valence-electron chi connectivity index (χ3n) is 16.1. The maximum Gasteiger partial charge on any atom is 0.0919 e. The highest BCUT2D eigenvalue weighted by Gasteiger charge is 1.93. The molecule has 1 N–H and O–H groups in total. The summed E-state index contributed by atoms with van der Waals surface area (Å²) >= 11 is 0. The molecule has 1 aromatic rings. The lowest BCUT2D eigenvalue weighted by atomic mass is 10.1. The van der Waals surface area contributed by atoms with Gasteiger partial charge in [-0.05, 0) is 0 Å². The summed E-state index contributed by atoms with van der Waals surface area (Å²) in [4.78, 5) is 6.42. The summed E-state index contributed by atoms with van der Waals surface area (Å²) in [5.74, 6) is 0. The highest BCUT2D eigenvalue weighted by atomic mass is 14.8. The Morgan fingerprint density at radius 1 is 0.153 bits per heavy atom. The van der Waals surface area contributed by atoms with Crippen molar-refractivity contribution in [2.45, 2.75) is 522 Å². The van der Waals surface area contributed by atoms with E-state index in [0.717, 1.165) is 0 Å². The topological polar surface area (TPSA) is 28.7 Å². The van der Waals surface area contributed by atoms with Gasteiger partial charge in [0.15, 0.2) is 0 Å². The van der Waals surface area contributed by atoms with Crippen molar-refractivity contribution in [3.05, 3.63) is 18.7 Å². The molecule has 0 saturated heterocycles. The van der Waals surface area contributed by atoms with Crippen LogP contribution in [0.4, 0.5) is 0 Å². The Morgan fingerprint density at radius 2 is 0.247 bits per heavy atom. The molecule has 2 nitrogen and oxygen atoms in total. The lowest BCUT2D eigenvalue weighted by Gasteiger charge is -1.97. The Kier molecular flexibility index (Phi) is 143. The van der Waals surface area contributed by atoms with E-state index < -0.39 is 0 Å². The van der Waals surface area contributed by atoms with E-state index in [0.29, 0.717) is 0 Å². The van der Waals surface area contributed by atoms with Crippen molar-refractivity contribution in [1.29, 1.82) is 0 Å². The molecular weight excluding hydrogens is 1020 g/mol. The van der Waals surface area contributed by atoms with Gasteiger partial charge in [0.2, 0.25) is 0 Å². The highest BCUT2D eigenvalue weighted by Crippen LogP contribution is 2.13. The van der Waals surface area contributed by atoms with Crippen molar-refractivity contribution in [2.75, 3.05) is 0 Å². The van der Waals surface area contributed by atoms with Crippen molar-refractivity contribution < 1.29 is 0 Å². The number of aromatic nitrogens is 2. The van der Waals surface area contributed by atoms with E-state index in [9.17, 15) is 0 Å². The molecule has 2 heteroatoms. The molecule has 0 radical (unpaired) electrons. The van der Waals surface area contributed by atoms with Crippen LogP contribution in [0.5, 0.6) is 0 Å². The second-order valence-electron chi connectivity index (χ2n) is 25.7. The van der Waals surface area contributed by atoms with Crippen molar-refractivity contribution in [1.82, 2.24) is 9.97 Å². The minimum atomic E-state index is 1.37. The number of rotatable bonds is 56. The first-order valence-electron chi connectivity index (χ1n) is 40.7. The fourth-order valence-electron chi connectivity index (χ4n) is 9.87. The second kappa shape index (κ2) is 121. The molecule has 0 saturated carbocycles. The third-order valence-corrected chi connectivity index (χ3v) is 16.1. The van der Waals surface area contributed by atoms with Gasteiger partial charge in [-0.25, -0.2) is 4.98 Å². The SMILES string of the molecule is CCCCCCCCCC.CCCCCCCCCC.CCCCCCCCCC.CCCCCCCCCC.CCCCCCCCCC.CCCCCCCCCC.CCCCCCCCCC.CCCCCCCCCC.c1c[nH]cn1. The van der Waals surface area contributed by atoms with Gasteiger partial charge in [-0.3, -0.25) is 0 Å². The maximum absolute atomic E-state index is 3.67. The Morgan fingerprint density at radius 3 is 0.294 bits per heavy atom. The van der Waals surface area contributed by atoms with E-state index in [1.807, 2.05) is 0 Å². The zero-order valence-corrected chi connectivity index (χ0v) is 63.9. The van der Waals surface area contributed by atoms with Gasteiger partial charge in [-0.2, -0.15) is 0 Å². The molecular formula is C83H180N2. The van der Waals surface area contributed by atoms with Gasteiger partial charge in [-0.15, -0.1) is 0 Å². The smallest absolute Gasteiger partial charge is 0.0919 e. The number of aromatic amines is 1. The van der Waals surface area contributed by atoms with Crippen LogP contribution >= 0.6 is 0 Å². The average molecular weight is 1210 g/mol. The molecule has 0 aliphatic heterocycles. The molecule has 1 rings (SSSR count). The van der Waals surface area contributed by atoms with Crippen LogP contribution in [-0.2, 0) is 0 Å². The van der Waals surface area contributed by atoms with Crippen LogP contribution in [0.3, 0.4) is 0 Å². The fourth-order valence-corrected chi connectivity index (χ4v) is 9.87. The summed E-state index contributed by atoms with van der Waals surface area (Å²) in [6.07, 6.45) is 96.8. The zero-order valence-electron chi connectivity index (χ0n) is 63.9. The molecule has 0 aliphatic rings. The largest absolute Gasteiger partial charge is 0.351 e. The first-order valence-corrected chi connectivity index (χ1v) is 40.7. The number of nitrogens with one attached hydrogen (secondary N) is 1. The van der Waals surface area contributed by atoms with Crippen LogP contribution in [0.1, 0.15) is 522 Å². The summed E-state index contributed by atoms with van der Waals surface area (Å²) in [5.41, 5.74) is 0. The van der Waals surface area contributed by atoms with Crippen LogP contribution in [-0.4, -0.2) is 9.97 Å². The molecule has 522 valence electrons. The Balaban J connectivity index is -0.000000131. The number of imidazole rings is 1. The minimum Gasteiger partial charge on any atom is -0.351 e. The number of hydrogen-bond donors (Lipinski definition) is 1. The maximum atomic E-state index is 3.67. The quantitative estimate of drug-likeness (QED) is 0.0647. The molecule has 0 bridgehead atoms. The van der Waals surface area contributed by atoms with E-state index in [2.05, 4.69) is 121 Å². The van der Waals surface area contributed by atoms with Crippen LogP contribution in [0.2, 0.25) is 0 Å². The Labute approximate surface area is 547 Å². The lowest BCUT2D eigenvalue weighted by Crippen LogP contribution is -1.77. The molecule has 0 atom stereocenters. The summed E-state index contributed by atoms with van der Waals surface area (Å²) < 4.78 is 0. The molecule has 0 fully saturated rings. The lowest BCUT2D eigenvalue weighted by molar-refractivity contribution is 0.585. The van der Waals surface area contributed by atoms with Gasteiger partial charge >= 0.3 is 0 Å². The van der Waals surface area contributed by atoms with Crippen LogP contribution in [0.15, 0.2) is 18.7 Å². The van der Waals surface area contributed by atoms with Gasteiger partial charge < -0.3 is 4.98 Å². The first kappa shape index (κ1) is 100. The minimum absolute atomic E-state index is 1.37. The predicted octanol–water partition coefficient (Wildman–Crippen LogP) is 33.6. The summed E-state index contributed by atoms with van der Waals surface area (Å²) in [5, 5.41) is 0. The number of nitrogens with zero attached hydrogens (tertiary/aromatic N) is 1. The standard InChI is InChI=1S/8C10H22.C3H4N2/c8*1-3-5-7-9-10-8-6-4-2;1-2-5-3-4-1/h8*3-10H2,1-2H3;1-3H,(H,4,5). The van der Waals surface area contributed by atoms with Crippen LogP contribution < -0.4 is 0 Å². The predicted molar refractivity (Wildman–Crippen MR) is 405 cm³/mol. The van der Waals surface area contributed by atoms with E-state index in [1.165, 1.54) is 411 Å². The highest BCUT2D eigenvalue weighted by molar-refractivity contribution is 4.64. The number of H-pyrrole nitrogens is 1. The zero-order chi connectivity index (χ0) is 64.8. The van der Waals surface area contributed by atoms with Gasteiger partial charge in [-0.1, -0.05) is 522 Å². The van der Waals surface area contributed by atoms with Crippen LogP contribution in [0, 0.1) is 0 Å². The van der Waals surface area contributed by atoms with Crippen LogP contribution in [0.25, 0.3) is 0 Å². The Hall–Kier alpha value is -0.790. The van der Waals surface area contributed by atoms with E-state index in [-0.39, 0.29) is 0 Å². The van der Waals surface area contributed by atoms with Crippen molar-refractivity contribution in [3.8, 4) is 0 Å². The molecule has 0 unspecified atom stereocenters. The van der Waals surface area contributed by atoms with Gasteiger partial charge in [0, 0.05) is 12.4 Å². The monoisotopic (exact) mass is 1210 g/mol. The normalized spacial score (nSPS) is 10.1. The van der Waals surface area contributed by atoms with Gasteiger partial charge in [0.05, 0.1) is 6.33 Å². The van der Waals surface area contributed by atoms with E-state index in [4.69, 9.17) is 0 Å². The summed E-state index contributed by atoms with van der Waals surface area (Å²) in [7, 11) is 0. The number of hydrogen-bond acceptors (Lipinski definition) is 1. The summed E-state index contributed by atoms with van der Waals surface area (Å²) in [6, 6.07) is 0. The van der Waals surface area contributed by atoms with Crippen molar-refractivity contribution in [2.24, 2.45) is 0 Å². The first-order chi connectivity index (χ1) is 41.8. The van der Waals surface area contributed by atoms with E-state index >= 15 is 0 Å². The second-order valence-corrected chi connectivity index (χ2v) is 25.7. The molecule has 0 aromatic carbocycles. The molecule has 0 amide bonds. The van der Waals surface area contributed by atoms with Gasteiger partial charge in [0.25, 0.3) is 0 Å². The average Bonchev–Trinajstić information content (AvgIpc) is 4.13. The number of unbranched alkanes of at least 4 members (excludes halogenated alkanes) is 56. The molecule has 1 aromatic heterocycles. The molecule has 1 heterocycles. The van der Waals surface area contributed by atoms with Gasteiger partial charge in [0.1, 0.15) is 0 Å². The third kappa shape index (κ3) is 151. The fraction of sp³-hybridized carbons (Fsp3) is 0.964. The van der Waals surface area contributed by atoms with E-state index in [1.54, 1.807) is 18.7 Å². The summed E-state index contributed by atoms with van der Waals surface area (Å²) in [6.45, 7) is 36.3. The van der Waals surface area contributed by atoms with Crippen molar-refractivity contribution in [3.63, 3.8) is 0 Å². The molecule has 85 heavy (non-hydrogen) atoms. The van der Waals surface area contributed by atoms with Crippen molar-refractivity contribution >= 4 is 0 Å². The molecule has 0 spiro atoms.